The minimum atomic E-state index is 0.655. The lowest BCUT2D eigenvalue weighted by Crippen LogP contribution is -1.95. The zero-order valence-corrected chi connectivity index (χ0v) is 9.37. The fourth-order valence-electron chi connectivity index (χ4n) is 0.944. The molecular formula is C11H14N4O. The summed E-state index contributed by atoms with van der Waals surface area (Å²) in [7, 11) is 1.59. The van der Waals surface area contributed by atoms with Crippen LogP contribution < -0.4 is 0 Å². The van der Waals surface area contributed by atoms with Crippen molar-refractivity contribution in [1.29, 1.82) is 0 Å². The molecule has 0 atom stereocenters. The SMILES string of the molecule is C=C(C=Nn1cncn1)C(=CC=CC)OC. The van der Waals surface area contributed by atoms with E-state index in [1.807, 2.05) is 25.2 Å². The van der Waals surface area contributed by atoms with Crippen LogP contribution in [0, 0.1) is 0 Å². The molecule has 0 spiro atoms. The molecule has 0 unspecified atom stereocenters. The first-order chi connectivity index (χ1) is 7.77. The molecule has 0 saturated heterocycles. The van der Waals surface area contributed by atoms with E-state index >= 15 is 0 Å². The summed E-state index contributed by atoms with van der Waals surface area (Å²) in [5.41, 5.74) is 0.663. The average Bonchev–Trinajstić information content (AvgIpc) is 2.80. The molecule has 5 heteroatoms. The van der Waals surface area contributed by atoms with E-state index in [-0.39, 0.29) is 0 Å². The highest BCUT2D eigenvalue weighted by Crippen LogP contribution is 2.06. The molecule has 84 valence electrons. The minimum absolute atomic E-state index is 0.655. The van der Waals surface area contributed by atoms with Crippen LogP contribution in [0.3, 0.4) is 0 Å². The standard InChI is InChI=1S/C11H14N4O/c1-4-5-6-11(16-3)10(2)7-13-15-9-12-8-14-15/h4-9H,2H2,1,3H3. The van der Waals surface area contributed by atoms with Crippen LogP contribution in [-0.2, 0) is 4.74 Å². The van der Waals surface area contributed by atoms with Crippen LogP contribution in [0.2, 0.25) is 0 Å². The Morgan fingerprint density at radius 2 is 2.38 bits per heavy atom. The van der Waals surface area contributed by atoms with Gasteiger partial charge < -0.3 is 4.74 Å². The van der Waals surface area contributed by atoms with Gasteiger partial charge in [0.15, 0.2) is 0 Å². The molecule has 1 aromatic heterocycles. The second-order valence-electron chi connectivity index (χ2n) is 2.85. The average molecular weight is 218 g/mol. The van der Waals surface area contributed by atoms with Crippen LogP contribution in [0.1, 0.15) is 6.92 Å². The first-order valence-electron chi connectivity index (χ1n) is 4.73. The van der Waals surface area contributed by atoms with Crippen LogP contribution in [0.4, 0.5) is 0 Å². The highest BCUT2D eigenvalue weighted by Gasteiger charge is 1.98. The predicted molar refractivity (Wildman–Crippen MR) is 63.0 cm³/mol. The second kappa shape index (κ2) is 6.34. The maximum Gasteiger partial charge on any atom is 0.139 e. The van der Waals surface area contributed by atoms with Crippen LogP contribution in [0.15, 0.2) is 53.9 Å². The van der Waals surface area contributed by atoms with E-state index < -0.39 is 0 Å². The van der Waals surface area contributed by atoms with Crippen LogP contribution in [0.25, 0.3) is 0 Å². The number of hydrogen-bond acceptors (Lipinski definition) is 4. The Bertz CT molecular complexity index is 415. The highest BCUT2D eigenvalue weighted by atomic mass is 16.5. The molecule has 0 saturated carbocycles. The maximum atomic E-state index is 5.16. The van der Waals surface area contributed by atoms with Crippen molar-refractivity contribution in [3.63, 3.8) is 0 Å². The van der Waals surface area contributed by atoms with Gasteiger partial charge in [-0.15, -0.1) is 9.89 Å². The summed E-state index contributed by atoms with van der Waals surface area (Å²) in [5.74, 6) is 0.655. The van der Waals surface area contributed by atoms with Crippen molar-refractivity contribution in [2.75, 3.05) is 7.11 Å². The Morgan fingerprint density at radius 3 is 2.94 bits per heavy atom. The fourth-order valence-corrected chi connectivity index (χ4v) is 0.944. The van der Waals surface area contributed by atoms with Crippen molar-refractivity contribution >= 4 is 6.21 Å². The van der Waals surface area contributed by atoms with E-state index in [2.05, 4.69) is 21.8 Å². The molecule has 1 heterocycles. The molecule has 0 aromatic carbocycles. The fraction of sp³-hybridized carbons (Fsp3) is 0.182. The normalized spacial score (nSPS) is 12.5. The van der Waals surface area contributed by atoms with Crippen molar-refractivity contribution in [3.05, 3.63) is 48.8 Å². The first-order valence-corrected chi connectivity index (χ1v) is 4.73. The first kappa shape index (κ1) is 11.9. The van der Waals surface area contributed by atoms with Gasteiger partial charge in [-0.3, -0.25) is 0 Å². The van der Waals surface area contributed by atoms with Crippen LogP contribution >= 0.6 is 0 Å². The number of methoxy groups -OCH3 is 1. The van der Waals surface area contributed by atoms with E-state index in [9.17, 15) is 0 Å². The number of hydrogen-bond donors (Lipinski definition) is 0. The second-order valence-corrected chi connectivity index (χ2v) is 2.85. The summed E-state index contributed by atoms with van der Waals surface area (Å²) in [6, 6.07) is 0. The third-order valence-corrected chi connectivity index (χ3v) is 1.71. The van der Waals surface area contributed by atoms with E-state index in [1.165, 1.54) is 17.4 Å². The largest absolute Gasteiger partial charge is 0.496 e. The van der Waals surface area contributed by atoms with Gasteiger partial charge in [-0.2, -0.15) is 5.10 Å². The molecule has 0 fully saturated rings. The summed E-state index contributed by atoms with van der Waals surface area (Å²) in [4.78, 5) is 5.11. The number of aromatic nitrogens is 3. The van der Waals surface area contributed by atoms with Gasteiger partial charge in [0.2, 0.25) is 0 Å². The zero-order valence-electron chi connectivity index (χ0n) is 9.37. The molecule has 0 N–H and O–H groups in total. The number of nitrogens with zero attached hydrogens (tertiary/aromatic N) is 4. The Hall–Kier alpha value is -2.17. The van der Waals surface area contributed by atoms with E-state index in [0.29, 0.717) is 11.3 Å². The molecule has 0 aliphatic carbocycles. The summed E-state index contributed by atoms with van der Waals surface area (Å²) in [6.45, 7) is 5.77. The molecule has 16 heavy (non-hydrogen) atoms. The van der Waals surface area contributed by atoms with Crippen molar-refractivity contribution in [3.8, 4) is 0 Å². The van der Waals surface area contributed by atoms with Gasteiger partial charge in [0.25, 0.3) is 0 Å². The summed E-state index contributed by atoms with van der Waals surface area (Å²) in [6.07, 6.45) is 10.1. The molecule has 5 nitrogen and oxygen atoms in total. The van der Waals surface area contributed by atoms with Gasteiger partial charge >= 0.3 is 0 Å². The number of allylic oxidation sites excluding steroid dienone is 4. The Balaban J connectivity index is 2.70. The molecule has 0 amide bonds. The van der Waals surface area contributed by atoms with Crippen molar-refractivity contribution < 1.29 is 4.74 Å². The molecular weight excluding hydrogens is 204 g/mol. The smallest absolute Gasteiger partial charge is 0.139 e. The lowest BCUT2D eigenvalue weighted by Gasteiger charge is -2.03. The molecule has 0 aliphatic rings. The molecule has 0 aliphatic heterocycles. The van der Waals surface area contributed by atoms with Gasteiger partial charge in [0.05, 0.1) is 13.3 Å². The third-order valence-electron chi connectivity index (χ3n) is 1.71. The van der Waals surface area contributed by atoms with Gasteiger partial charge in [-0.25, -0.2) is 4.98 Å². The van der Waals surface area contributed by atoms with Crippen LogP contribution in [0.5, 0.6) is 0 Å². The summed E-state index contributed by atoms with van der Waals surface area (Å²) < 4.78 is 5.16. The van der Waals surface area contributed by atoms with E-state index in [4.69, 9.17) is 4.74 Å². The molecule has 1 aromatic rings. The minimum Gasteiger partial charge on any atom is -0.496 e. The monoisotopic (exact) mass is 218 g/mol. The van der Waals surface area contributed by atoms with Gasteiger partial charge in [0.1, 0.15) is 18.4 Å². The van der Waals surface area contributed by atoms with Crippen molar-refractivity contribution in [2.45, 2.75) is 6.92 Å². The zero-order chi connectivity index (χ0) is 11.8. The van der Waals surface area contributed by atoms with Crippen molar-refractivity contribution in [2.24, 2.45) is 5.10 Å². The van der Waals surface area contributed by atoms with E-state index in [1.54, 1.807) is 13.3 Å². The number of ether oxygens (including phenoxy) is 1. The lowest BCUT2D eigenvalue weighted by atomic mass is 10.2. The quantitative estimate of drug-likeness (QED) is 0.430. The van der Waals surface area contributed by atoms with Gasteiger partial charge in [0, 0.05) is 5.57 Å². The Morgan fingerprint density at radius 1 is 1.56 bits per heavy atom. The lowest BCUT2D eigenvalue weighted by molar-refractivity contribution is 0.304. The van der Waals surface area contributed by atoms with Crippen LogP contribution in [-0.4, -0.2) is 28.2 Å². The van der Waals surface area contributed by atoms with Crippen molar-refractivity contribution in [1.82, 2.24) is 14.9 Å². The molecule has 1 rings (SSSR count). The molecule has 0 bridgehead atoms. The predicted octanol–water partition coefficient (Wildman–Crippen LogP) is 1.77. The maximum absolute atomic E-state index is 5.16. The number of rotatable bonds is 5. The molecule has 0 radical (unpaired) electrons. The Labute approximate surface area is 94.5 Å². The topological polar surface area (TPSA) is 52.3 Å². The summed E-state index contributed by atoms with van der Waals surface area (Å²) >= 11 is 0. The van der Waals surface area contributed by atoms with Gasteiger partial charge in [-0.05, 0) is 13.0 Å². The Kier molecular flexibility index (Phi) is 4.72. The van der Waals surface area contributed by atoms with Gasteiger partial charge in [-0.1, -0.05) is 18.7 Å². The summed E-state index contributed by atoms with van der Waals surface area (Å²) in [5, 5.41) is 7.84. The van der Waals surface area contributed by atoms with E-state index in [0.717, 1.165) is 0 Å². The highest BCUT2D eigenvalue weighted by molar-refractivity contribution is 5.82. The third kappa shape index (κ3) is 3.53.